The summed E-state index contributed by atoms with van der Waals surface area (Å²) in [5, 5.41) is 4.05. The Morgan fingerprint density at radius 2 is 2.11 bits per heavy atom. The summed E-state index contributed by atoms with van der Waals surface area (Å²) >= 11 is 5.60. The molecule has 1 rings (SSSR count). The van der Waals surface area contributed by atoms with Crippen LogP contribution in [0.25, 0.3) is 0 Å². The minimum Gasteiger partial charge on any atom is -0.271 e. The third-order valence-corrected chi connectivity index (χ3v) is 4.99. The maximum atomic E-state index is 12.3. The Labute approximate surface area is 120 Å². The van der Waals surface area contributed by atoms with E-state index >= 15 is 0 Å². The lowest BCUT2D eigenvalue weighted by molar-refractivity contribution is 0.454. The van der Waals surface area contributed by atoms with Gasteiger partial charge in [0.15, 0.2) is 0 Å². The largest absolute Gasteiger partial charge is 0.271 e. The molecule has 5 nitrogen and oxygen atoms in total. The van der Waals surface area contributed by atoms with Gasteiger partial charge in [0, 0.05) is 32.2 Å². The molecule has 0 aliphatic heterocycles. The summed E-state index contributed by atoms with van der Waals surface area (Å²) in [6.07, 6.45) is 6.73. The fraction of sp³-hybridized carbons (Fsp3) is 0.750. The van der Waals surface area contributed by atoms with Crippen LogP contribution in [-0.2, 0) is 16.6 Å². The molecule has 0 bridgehead atoms. The monoisotopic (exact) mass is 307 g/mol. The van der Waals surface area contributed by atoms with Crippen LogP contribution in [0.15, 0.2) is 17.3 Å². The molecule has 0 aliphatic carbocycles. The predicted molar refractivity (Wildman–Crippen MR) is 76.9 cm³/mol. The van der Waals surface area contributed by atoms with Crippen LogP contribution < -0.4 is 0 Å². The van der Waals surface area contributed by atoms with Crippen LogP contribution in [0.2, 0.25) is 0 Å². The summed E-state index contributed by atoms with van der Waals surface area (Å²) in [5.74, 6) is 0.541. The molecule has 1 aromatic heterocycles. The Balaban J connectivity index is 2.68. The van der Waals surface area contributed by atoms with E-state index in [0.717, 1.165) is 25.7 Å². The SMILES string of the molecule is CCCCCN(C)S(=O)(=O)c1cnn(CCCCl)c1. The second kappa shape index (κ2) is 7.87. The van der Waals surface area contributed by atoms with Crippen LogP contribution in [0.1, 0.15) is 32.6 Å². The number of nitrogens with zero attached hydrogens (tertiary/aromatic N) is 3. The first-order valence-corrected chi connectivity index (χ1v) is 8.54. The van der Waals surface area contributed by atoms with Gasteiger partial charge in [-0.2, -0.15) is 5.10 Å². The van der Waals surface area contributed by atoms with E-state index < -0.39 is 10.0 Å². The van der Waals surface area contributed by atoms with Crippen molar-refractivity contribution in [2.45, 2.75) is 44.0 Å². The van der Waals surface area contributed by atoms with Crippen LogP contribution in [0.5, 0.6) is 0 Å². The zero-order valence-corrected chi connectivity index (χ0v) is 13.1. The molecule has 0 aromatic carbocycles. The molecule has 0 saturated carbocycles. The van der Waals surface area contributed by atoms with Crippen LogP contribution in [0.4, 0.5) is 0 Å². The molecule has 0 unspecified atom stereocenters. The van der Waals surface area contributed by atoms with Gasteiger partial charge in [-0.05, 0) is 12.8 Å². The molecule has 0 amide bonds. The first-order chi connectivity index (χ1) is 9.02. The average molecular weight is 308 g/mol. The van der Waals surface area contributed by atoms with Gasteiger partial charge < -0.3 is 0 Å². The number of sulfonamides is 1. The maximum absolute atomic E-state index is 12.3. The van der Waals surface area contributed by atoms with Crippen molar-refractivity contribution in [1.29, 1.82) is 0 Å². The summed E-state index contributed by atoms with van der Waals surface area (Å²) in [6.45, 7) is 3.27. The molecule has 0 aliphatic rings. The molecule has 0 fully saturated rings. The highest BCUT2D eigenvalue weighted by Crippen LogP contribution is 2.14. The molecule has 1 aromatic rings. The average Bonchev–Trinajstić information content (AvgIpc) is 2.85. The van der Waals surface area contributed by atoms with E-state index in [4.69, 9.17) is 11.6 Å². The van der Waals surface area contributed by atoms with Crippen LogP contribution in [0, 0.1) is 0 Å². The lowest BCUT2D eigenvalue weighted by atomic mass is 10.2. The summed E-state index contributed by atoms with van der Waals surface area (Å²) in [7, 11) is -1.79. The quantitative estimate of drug-likeness (QED) is 0.520. The van der Waals surface area contributed by atoms with Gasteiger partial charge in [-0.1, -0.05) is 19.8 Å². The third kappa shape index (κ3) is 4.78. The number of hydrogen-bond donors (Lipinski definition) is 0. The van der Waals surface area contributed by atoms with Gasteiger partial charge in [0.25, 0.3) is 0 Å². The van der Waals surface area contributed by atoms with Crippen LogP contribution >= 0.6 is 11.6 Å². The van der Waals surface area contributed by atoms with Crippen molar-refractivity contribution in [3.63, 3.8) is 0 Å². The van der Waals surface area contributed by atoms with Crippen molar-refractivity contribution >= 4 is 21.6 Å². The Hall–Kier alpha value is -0.590. The number of rotatable bonds is 9. The molecule has 0 saturated heterocycles. The fourth-order valence-corrected chi connectivity index (χ4v) is 2.99. The highest BCUT2D eigenvalue weighted by molar-refractivity contribution is 7.89. The molecule has 0 radical (unpaired) electrons. The summed E-state index contributed by atoms with van der Waals surface area (Å²) in [5.41, 5.74) is 0. The van der Waals surface area contributed by atoms with Gasteiger partial charge in [-0.3, -0.25) is 4.68 Å². The highest BCUT2D eigenvalue weighted by Gasteiger charge is 2.21. The van der Waals surface area contributed by atoms with E-state index in [1.54, 1.807) is 17.9 Å². The molecule has 1 heterocycles. The van der Waals surface area contributed by atoms with Crippen molar-refractivity contribution in [2.75, 3.05) is 19.5 Å². The third-order valence-electron chi connectivity index (χ3n) is 2.92. The number of halogens is 1. The molecular formula is C12H22ClN3O2S. The summed E-state index contributed by atoms with van der Waals surface area (Å²) < 4.78 is 27.5. The summed E-state index contributed by atoms with van der Waals surface area (Å²) in [4.78, 5) is 0.251. The Bertz CT molecular complexity index is 473. The van der Waals surface area contributed by atoms with Gasteiger partial charge in [0.05, 0.1) is 6.20 Å². The first-order valence-electron chi connectivity index (χ1n) is 6.57. The summed E-state index contributed by atoms with van der Waals surface area (Å²) in [6, 6.07) is 0. The second-order valence-electron chi connectivity index (χ2n) is 4.52. The van der Waals surface area contributed by atoms with Gasteiger partial charge in [-0.15, -0.1) is 11.6 Å². The molecule has 7 heteroatoms. The zero-order valence-electron chi connectivity index (χ0n) is 11.5. The number of unbranched alkanes of at least 4 members (excludes halogenated alkanes) is 2. The van der Waals surface area contributed by atoms with Crippen molar-refractivity contribution in [3.05, 3.63) is 12.4 Å². The number of alkyl halides is 1. The molecule has 0 atom stereocenters. The number of aromatic nitrogens is 2. The van der Waals surface area contributed by atoms with E-state index in [1.807, 2.05) is 0 Å². The molecule has 0 spiro atoms. The first kappa shape index (κ1) is 16.5. The van der Waals surface area contributed by atoms with E-state index in [9.17, 15) is 8.42 Å². The second-order valence-corrected chi connectivity index (χ2v) is 6.94. The molecule has 110 valence electrons. The normalized spacial score (nSPS) is 12.2. The molecule has 19 heavy (non-hydrogen) atoms. The van der Waals surface area contributed by atoms with Gasteiger partial charge >= 0.3 is 0 Å². The Kier molecular flexibility index (Phi) is 6.82. The van der Waals surface area contributed by atoms with Crippen molar-refractivity contribution < 1.29 is 8.42 Å². The fourth-order valence-electron chi connectivity index (χ4n) is 1.71. The number of hydrogen-bond acceptors (Lipinski definition) is 3. The van der Waals surface area contributed by atoms with Crippen molar-refractivity contribution in [1.82, 2.24) is 14.1 Å². The minimum absolute atomic E-state index is 0.251. The van der Waals surface area contributed by atoms with E-state index in [-0.39, 0.29) is 4.90 Å². The molecular weight excluding hydrogens is 286 g/mol. The minimum atomic E-state index is -3.41. The topological polar surface area (TPSA) is 55.2 Å². The predicted octanol–water partition coefficient (Wildman–Crippen LogP) is 2.32. The lowest BCUT2D eigenvalue weighted by Crippen LogP contribution is -2.27. The Morgan fingerprint density at radius 1 is 1.37 bits per heavy atom. The molecule has 0 N–H and O–H groups in total. The van der Waals surface area contributed by atoms with Gasteiger partial charge in [0.2, 0.25) is 10.0 Å². The highest BCUT2D eigenvalue weighted by atomic mass is 35.5. The smallest absolute Gasteiger partial charge is 0.245 e. The lowest BCUT2D eigenvalue weighted by Gasteiger charge is -2.15. The van der Waals surface area contributed by atoms with E-state index in [2.05, 4.69) is 12.0 Å². The number of aryl methyl sites for hydroxylation is 1. The van der Waals surface area contributed by atoms with Gasteiger partial charge in [-0.25, -0.2) is 12.7 Å². The standard InChI is InChI=1S/C12H22ClN3O2S/c1-3-4-5-8-15(2)19(17,18)12-10-14-16(11-12)9-6-7-13/h10-11H,3-9H2,1-2H3. The zero-order chi connectivity index (χ0) is 14.3. The van der Waals surface area contributed by atoms with Crippen molar-refractivity contribution in [3.8, 4) is 0 Å². The van der Waals surface area contributed by atoms with Gasteiger partial charge in [0.1, 0.15) is 4.90 Å². The maximum Gasteiger partial charge on any atom is 0.245 e. The van der Waals surface area contributed by atoms with E-state index in [1.165, 1.54) is 10.5 Å². The van der Waals surface area contributed by atoms with Crippen LogP contribution in [-0.4, -0.2) is 42.0 Å². The Morgan fingerprint density at radius 3 is 2.74 bits per heavy atom. The van der Waals surface area contributed by atoms with Crippen LogP contribution in [0.3, 0.4) is 0 Å². The van der Waals surface area contributed by atoms with E-state index in [0.29, 0.717) is 19.0 Å². The van der Waals surface area contributed by atoms with Crippen molar-refractivity contribution in [2.24, 2.45) is 0 Å².